The van der Waals surface area contributed by atoms with Crippen LogP contribution in [0, 0.1) is 13.8 Å². The smallest absolute Gasteiger partial charge is 0.297 e. The molecule has 0 unspecified atom stereocenters. The Morgan fingerprint density at radius 1 is 0.800 bits per heavy atom. The lowest BCUT2D eigenvalue weighted by Crippen LogP contribution is -2.60. The molecule has 3 rings (SSSR count). The van der Waals surface area contributed by atoms with Gasteiger partial charge in [0, 0.05) is 32.7 Å². The van der Waals surface area contributed by atoms with Crippen LogP contribution in [0.25, 0.3) is 11.1 Å². The Hall–Kier alpha value is -2.06. The van der Waals surface area contributed by atoms with Crippen LogP contribution in [0.4, 0.5) is 26.3 Å². The lowest BCUT2D eigenvalue weighted by Gasteiger charge is -2.40. The summed E-state index contributed by atoms with van der Waals surface area (Å²) in [5, 5.41) is 0. The molecule has 1 saturated heterocycles. The Morgan fingerprint density at radius 3 is 1.93 bits per heavy atom. The van der Waals surface area contributed by atoms with Crippen molar-refractivity contribution in [2.45, 2.75) is 38.8 Å². The summed E-state index contributed by atoms with van der Waals surface area (Å²) >= 11 is 0. The number of piperazine rings is 1. The first kappa shape index (κ1) is 22.6. The minimum Gasteiger partial charge on any atom is -0.297 e. The third kappa shape index (κ3) is 5.35. The number of aryl methyl sites for hydroxylation is 2. The second-order valence-electron chi connectivity index (χ2n) is 7.81. The Morgan fingerprint density at radius 2 is 1.40 bits per heavy atom. The van der Waals surface area contributed by atoms with Crippen LogP contribution in [-0.4, -0.2) is 54.4 Å². The van der Waals surface area contributed by atoms with Crippen molar-refractivity contribution in [3.63, 3.8) is 0 Å². The highest BCUT2D eigenvalue weighted by Crippen LogP contribution is 2.37. The summed E-state index contributed by atoms with van der Waals surface area (Å²) in [6.07, 6.45) is -10.7. The predicted octanol–water partition coefficient (Wildman–Crippen LogP) is 5.58. The van der Waals surface area contributed by atoms with Gasteiger partial charge in [-0.1, -0.05) is 48.0 Å². The van der Waals surface area contributed by atoms with Crippen molar-refractivity contribution in [2.24, 2.45) is 0 Å². The summed E-state index contributed by atoms with van der Waals surface area (Å²) in [7, 11) is 0. The fourth-order valence-corrected chi connectivity index (χ4v) is 3.90. The maximum absolute atomic E-state index is 12.9. The van der Waals surface area contributed by atoms with Crippen LogP contribution >= 0.6 is 0 Å². The number of benzene rings is 2. The standard InChI is InChI=1S/C22H24F6N2/c1-15-4-3-5-17(12-15)18-6-7-19(16(2)13-18)14-29-8-10-30(11-9-29)20(21(23,24)25)22(26,27)28/h3-7,12-13,20H,8-11,14H2,1-2H3. The van der Waals surface area contributed by atoms with E-state index in [0.717, 1.165) is 27.8 Å². The molecule has 8 heteroatoms. The van der Waals surface area contributed by atoms with Crippen molar-refractivity contribution in [3.8, 4) is 11.1 Å². The van der Waals surface area contributed by atoms with Crippen LogP contribution < -0.4 is 0 Å². The van der Waals surface area contributed by atoms with E-state index in [9.17, 15) is 26.3 Å². The van der Waals surface area contributed by atoms with Crippen molar-refractivity contribution in [3.05, 3.63) is 59.2 Å². The zero-order valence-electron chi connectivity index (χ0n) is 16.8. The van der Waals surface area contributed by atoms with Gasteiger partial charge < -0.3 is 0 Å². The van der Waals surface area contributed by atoms with Gasteiger partial charge in [0.25, 0.3) is 0 Å². The largest absolute Gasteiger partial charge is 0.412 e. The molecule has 1 aliphatic rings. The maximum atomic E-state index is 12.9. The summed E-state index contributed by atoms with van der Waals surface area (Å²) in [6, 6.07) is 10.8. The van der Waals surface area contributed by atoms with Crippen LogP contribution in [0.15, 0.2) is 42.5 Å². The molecule has 0 amide bonds. The maximum Gasteiger partial charge on any atom is 0.412 e. The van der Waals surface area contributed by atoms with Gasteiger partial charge in [0.05, 0.1) is 0 Å². The number of hydrogen-bond acceptors (Lipinski definition) is 2. The number of hydrogen-bond donors (Lipinski definition) is 0. The Labute approximate surface area is 172 Å². The highest BCUT2D eigenvalue weighted by molar-refractivity contribution is 5.65. The summed E-state index contributed by atoms with van der Waals surface area (Å²) in [5.41, 5.74) is 5.39. The highest BCUT2D eigenvalue weighted by Gasteiger charge is 2.59. The monoisotopic (exact) mass is 430 g/mol. The fraction of sp³-hybridized carbons (Fsp3) is 0.455. The fourth-order valence-electron chi connectivity index (χ4n) is 3.90. The number of nitrogens with zero attached hydrogens (tertiary/aromatic N) is 2. The van der Waals surface area contributed by atoms with Crippen LogP contribution in [0.5, 0.6) is 0 Å². The molecule has 0 spiro atoms. The van der Waals surface area contributed by atoms with E-state index < -0.39 is 18.4 Å². The Balaban J connectivity index is 1.65. The molecule has 1 aliphatic heterocycles. The van der Waals surface area contributed by atoms with Gasteiger partial charge in [0.15, 0.2) is 0 Å². The summed E-state index contributed by atoms with van der Waals surface area (Å²) in [4.78, 5) is 2.39. The molecule has 0 radical (unpaired) electrons. The topological polar surface area (TPSA) is 6.48 Å². The van der Waals surface area contributed by atoms with Gasteiger partial charge in [0.1, 0.15) is 0 Å². The molecule has 164 valence electrons. The van der Waals surface area contributed by atoms with E-state index in [2.05, 4.69) is 12.1 Å². The van der Waals surface area contributed by atoms with Crippen LogP contribution in [0.2, 0.25) is 0 Å². The molecule has 0 N–H and O–H groups in total. The second-order valence-corrected chi connectivity index (χ2v) is 7.81. The second kappa shape index (κ2) is 8.59. The van der Waals surface area contributed by atoms with E-state index in [1.54, 1.807) is 0 Å². The molecule has 0 saturated carbocycles. The molecule has 2 aromatic carbocycles. The lowest BCUT2D eigenvalue weighted by atomic mass is 9.98. The quantitative estimate of drug-likeness (QED) is 0.585. The van der Waals surface area contributed by atoms with E-state index in [1.165, 1.54) is 0 Å². The number of alkyl halides is 6. The third-order valence-electron chi connectivity index (χ3n) is 5.48. The minimum atomic E-state index is -5.33. The van der Waals surface area contributed by atoms with E-state index >= 15 is 0 Å². The first-order chi connectivity index (χ1) is 13.9. The SMILES string of the molecule is Cc1cccc(-c2ccc(CN3CCN(C(C(F)(F)F)C(F)(F)F)CC3)c(C)c2)c1. The first-order valence-corrected chi connectivity index (χ1v) is 9.71. The van der Waals surface area contributed by atoms with Gasteiger partial charge in [-0.25, -0.2) is 0 Å². The van der Waals surface area contributed by atoms with Crippen molar-refractivity contribution < 1.29 is 26.3 Å². The third-order valence-corrected chi connectivity index (χ3v) is 5.48. The van der Waals surface area contributed by atoms with E-state index in [-0.39, 0.29) is 26.2 Å². The molecule has 1 heterocycles. The van der Waals surface area contributed by atoms with Gasteiger partial charge >= 0.3 is 12.4 Å². The molecule has 0 aromatic heterocycles. The molecular weight excluding hydrogens is 406 g/mol. The molecule has 30 heavy (non-hydrogen) atoms. The van der Waals surface area contributed by atoms with Crippen LogP contribution in [0.1, 0.15) is 16.7 Å². The molecule has 0 atom stereocenters. The van der Waals surface area contributed by atoms with Gasteiger partial charge in [0.2, 0.25) is 6.04 Å². The van der Waals surface area contributed by atoms with Gasteiger partial charge in [-0.2, -0.15) is 26.3 Å². The predicted molar refractivity (Wildman–Crippen MR) is 104 cm³/mol. The van der Waals surface area contributed by atoms with Crippen LogP contribution in [0.3, 0.4) is 0 Å². The lowest BCUT2D eigenvalue weighted by molar-refractivity contribution is -0.289. The van der Waals surface area contributed by atoms with Crippen molar-refractivity contribution >= 4 is 0 Å². The normalized spacial score (nSPS) is 17.0. The van der Waals surface area contributed by atoms with Gasteiger partial charge in [-0.3, -0.25) is 9.80 Å². The van der Waals surface area contributed by atoms with E-state index in [1.807, 2.05) is 49.1 Å². The van der Waals surface area contributed by atoms with Gasteiger partial charge in [-0.15, -0.1) is 0 Å². The molecule has 0 aliphatic carbocycles. The molecular formula is C22H24F6N2. The Bertz CT molecular complexity index is 853. The zero-order chi connectivity index (χ0) is 22.1. The average molecular weight is 430 g/mol. The van der Waals surface area contributed by atoms with E-state index in [4.69, 9.17) is 0 Å². The van der Waals surface area contributed by atoms with Crippen molar-refractivity contribution in [1.29, 1.82) is 0 Å². The molecule has 2 aromatic rings. The van der Waals surface area contributed by atoms with Crippen molar-refractivity contribution in [1.82, 2.24) is 9.80 Å². The number of rotatable bonds is 4. The Kier molecular flexibility index (Phi) is 6.48. The first-order valence-electron chi connectivity index (χ1n) is 9.71. The minimum absolute atomic E-state index is 0.154. The summed E-state index contributed by atoms with van der Waals surface area (Å²) < 4.78 is 77.5. The summed E-state index contributed by atoms with van der Waals surface area (Å²) in [5.74, 6) is 0. The molecule has 1 fully saturated rings. The molecule has 2 nitrogen and oxygen atoms in total. The highest BCUT2D eigenvalue weighted by atomic mass is 19.4. The van der Waals surface area contributed by atoms with Crippen LogP contribution in [-0.2, 0) is 6.54 Å². The number of halogens is 6. The average Bonchev–Trinajstić information content (AvgIpc) is 2.62. The van der Waals surface area contributed by atoms with E-state index in [0.29, 0.717) is 11.4 Å². The van der Waals surface area contributed by atoms with Crippen molar-refractivity contribution in [2.75, 3.05) is 26.2 Å². The zero-order valence-corrected chi connectivity index (χ0v) is 16.8. The summed E-state index contributed by atoms with van der Waals surface area (Å²) in [6.45, 7) is 4.24. The van der Waals surface area contributed by atoms with Gasteiger partial charge in [-0.05, 0) is 36.1 Å². The molecule has 0 bridgehead atoms.